The van der Waals surface area contributed by atoms with Gasteiger partial charge in [0.1, 0.15) is 0 Å². The molecule has 1 saturated heterocycles. The first kappa shape index (κ1) is 18.8. The van der Waals surface area contributed by atoms with E-state index >= 15 is 0 Å². The number of carbonyl (C=O) groups excluding carboxylic acids is 1. The van der Waals surface area contributed by atoms with Crippen LogP contribution in [0.5, 0.6) is 0 Å². The number of morpholine rings is 1. The van der Waals surface area contributed by atoms with E-state index in [1.54, 1.807) is 0 Å². The van der Waals surface area contributed by atoms with Gasteiger partial charge in [-0.15, -0.1) is 0 Å². The summed E-state index contributed by atoms with van der Waals surface area (Å²) < 4.78 is 32.6. The zero-order chi connectivity index (χ0) is 18.7. The van der Waals surface area contributed by atoms with Crippen LogP contribution in [-0.2, 0) is 19.6 Å². The number of carboxylic acid groups (broad SMARTS) is 1. The fourth-order valence-corrected chi connectivity index (χ4v) is 4.05. The van der Waals surface area contributed by atoms with Crippen LogP contribution in [0.3, 0.4) is 0 Å². The number of amides is 1. The monoisotopic (exact) mass is 382 g/mol. The predicted octanol–water partition coefficient (Wildman–Crippen LogP) is 0.691. The molecule has 1 unspecified atom stereocenters. The molecule has 8 nitrogen and oxygen atoms in total. The number of ether oxygens (including phenoxy) is 1. The molecular formula is C17H22N2O6S. The fraction of sp³-hybridized carbons (Fsp3) is 0.529. The van der Waals surface area contributed by atoms with E-state index in [1.165, 1.54) is 29.2 Å². The molecule has 2 aliphatic rings. The van der Waals surface area contributed by atoms with Crippen LogP contribution in [0.4, 0.5) is 0 Å². The van der Waals surface area contributed by atoms with E-state index in [2.05, 4.69) is 4.72 Å². The van der Waals surface area contributed by atoms with Gasteiger partial charge in [0, 0.05) is 18.7 Å². The molecule has 2 N–H and O–H groups in total. The van der Waals surface area contributed by atoms with Crippen LogP contribution >= 0.6 is 0 Å². The van der Waals surface area contributed by atoms with Gasteiger partial charge in [-0.25, -0.2) is 13.1 Å². The minimum atomic E-state index is -3.67. The van der Waals surface area contributed by atoms with Crippen LogP contribution in [0.25, 0.3) is 0 Å². The topological polar surface area (TPSA) is 113 Å². The predicted molar refractivity (Wildman–Crippen MR) is 92.3 cm³/mol. The Kier molecular flexibility index (Phi) is 5.59. The van der Waals surface area contributed by atoms with Gasteiger partial charge >= 0.3 is 5.97 Å². The molecule has 9 heteroatoms. The van der Waals surface area contributed by atoms with Crippen molar-refractivity contribution in [1.29, 1.82) is 0 Å². The summed E-state index contributed by atoms with van der Waals surface area (Å²) in [5.41, 5.74) is 0.219. The molecule has 2 fully saturated rings. The fourth-order valence-electron chi connectivity index (χ4n) is 2.89. The summed E-state index contributed by atoms with van der Waals surface area (Å²) in [6, 6.07) is 5.27. The normalized spacial score (nSPS) is 20.8. The van der Waals surface area contributed by atoms with Gasteiger partial charge in [-0.05, 0) is 37.0 Å². The lowest BCUT2D eigenvalue weighted by atomic mass is 10.1. The molecule has 1 aliphatic carbocycles. The van der Waals surface area contributed by atoms with Gasteiger partial charge in [0.15, 0.2) is 0 Å². The molecule has 0 bridgehead atoms. The van der Waals surface area contributed by atoms with Crippen LogP contribution in [0.15, 0.2) is 29.2 Å². The minimum Gasteiger partial charge on any atom is -0.481 e. The molecule has 0 aromatic heterocycles. The Morgan fingerprint density at radius 3 is 2.77 bits per heavy atom. The Morgan fingerprint density at radius 1 is 1.31 bits per heavy atom. The summed E-state index contributed by atoms with van der Waals surface area (Å²) in [6.45, 7) is 1.15. The first-order chi connectivity index (χ1) is 12.4. The summed E-state index contributed by atoms with van der Waals surface area (Å²) in [5.74, 6) is -1.00. The van der Waals surface area contributed by atoms with Gasteiger partial charge in [0.05, 0.1) is 30.6 Å². The molecule has 3 rings (SSSR count). The molecule has 1 saturated carbocycles. The van der Waals surface area contributed by atoms with Crippen LogP contribution < -0.4 is 4.72 Å². The lowest BCUT2D eigenvalue weighted by Gasteiger charge is -2.35. The average molecular weight is 382 g/mol. The Bertz CT molecular complexity index is 790. The highest BCUT2D eigenvalue weighted by atomic mass is 32.2. The molecule has 1 amide bonds. The van der Waals surface area contributed by atoms with Crippen molar-refractivity contribution in [2.24, 2.45) is 5.92 Å². The molecular weight excluding hydrogens is 360 g/mol. The van der Waals surface area contributed by atoms with Crippen molar-refractivity contribution in [3.63, 3.8) is 0 Å². The number of hydrogen-bond acceptors (Lipinski definition) is 5. The highest BCUT2D eigenvalue weighted by molar-refractivity contribution is 7.89. The number of nitrogens with one attached hydrogen (secondary N) is 1. The molecule has 1 aromatic carbocycles. The van der Waals surface area contributed by atoms with Crippen LogP contribution in [0, 0.1) is 5.92 Å². The smallest absolute Gasteiger partial charge is 0.305 e. The van der Waals surface area contributed by atoms with Crippen molar-refractivity contribution in [2.45, 2.75) is 30.2 Å². The van der Waals surface area contributed by atoms with Gasteiger partial charge in [0.2, 0.25) is 10.0 Å². The third-order valence-electron chi connectivity index (χ3n) is 4.55. The van der Waals surface area contributed by atoms with Crippen LogP contribution in [-0.4, -0.2) is 62.6 Å². The number of nitrogens with zero attached hydrogens (tertiary/aromatic N) is 1. The Morgan fingerprint density at radius 2 is 2.08 bits per heavy atom. The van der Waals surface area contributed by atoms with E-state index in [1.807, 2.05) is 0 Å². The van der Waals surface area contributed by atoms with E-state index < -0.39 is 27.9 Å². The van der Waals surface area contributed by atoms with Crippen molar-refractivity contribution >= 4 is 21.9 Å². The van der Waals surface area contributed by atoms with Crippen molar-refractivity contribution in [3.8, 4) is 0 Å². The lowest BCUT2D eigenvalue weighted by molar-refractivity contribution is -0.139. The summed E-state index contributed by atoms with van der Waals surface area (Å²) in [5, 5.41) is 9.01. The van der Waals surface area contributed by atoms with Crippen molar-refractivity contribution in [2.75, 3.05) is 26.3 Å². The van der Waals surface area contributed by atoms with E-state index in [9.17, 15) is 18.0 Å². The highest BCUT2D eigenvalue weighted by Gasteiger charge is 2.30. The maximum atomic E-state index is 12.8. The Labute approximate surface area is 152 Å². The van der Waals surface area contributed by atoms with Crippen molar-refractivity contribution < 1.29 is 27.9 Å². The maximum absolute atomic E-state index is 12.8. The van der Waals surface area contributed by atoms with Crippen LogP contribution in [0.2, 0.25) is 0 Å². The third-order valence-corrected chi connectivity index (χ3v) is 5.97. The Hall–Kier alpha value is -1.97. The van der Waals surface area contributed by atoms with E-state index in [0.717, 1.165) is 12.8 Å². The first-order valence-electron chi connectivity index (χ1n) is 8.57. The quantitative estimate of drug-likeness (QED) is 0.717. The average Bonchev–Trinajstić information content (AvgIpc) is 3.44. The molecule has 142 valence electrons. The van der Waals surface area contributed by atoms with Gasteiger partial charge in [-0.2, -0.15) is 0 Å². The summed E-state index contributed by atoms with van der Waals surface area (Å²) in [6.07, 6.45) is 1.85. The maximum Gasteiger partial charge on any atom is 0.305 e. The number of rotatable bonds is 7. The second kappa shape index (κ2) is 7.73. The van der Waals surface area contributed by atoms with Gasteiger partial charge in [-0.1, -0.05) is 6.07 Å². The molecule has 0 radical (unpaired) electrons. The first-order valence-corrected chi connectivity index (χ1v) is 10.1. The number of carboxylic acids is 1. The van der Waals surface area contributed by atoms with Gasteiger partial charge in [0.25, 0.3) is 5.91 Å². The van der Waals surface area contributed by atoms with E-state index in [4.69, 9.17) is 9.84 Å². The van der Waals surface area contributed by atoms with E-state index in [0.29, 0.717) is 19.1 Å². The second-order valence-corrected chi connectivity index (χ2v) is 8.42. The van der Waals surface area contributed by atoms with Crippen molar-refractivity contribution in [1.82, 2.24) is 9.62 Å². The lowest BCUT2D eigenvalue weighted by Crippen LogP contribution is -2.49. The highest BCUT2D eigenvalue weighted by Crippen LogP contribution is 2.28. The molecule has 1 aliphatic heterocycles. The largest absolute Gasteiger partial charge is 0.481 e. The van der Waals surface area contributed by atoms with Gasteiger partial charge in [-0.3, -0.25) is 9.59 Å². The number of benzene rings is 1. The van der Waals surface area contributed by atoms with E-state index in [-0.39, 0.29) is 30.0 Å². The molecule has 26 heavy (non-hydrogen) atoms. The van der Waals surface area contributed by atoms with Gasteiger partial charge < -0.3 is 14.7 Å². The molecule has 1 aromatic rings. The zero-order valence-corrected chi connectivity index (χ0v) is 15.1. The summed E-state index contributed by atoms with van der Waals surface area (Å²) in [4.78, 5) is 25.3. The zero-order valence-electron chi connectivity index (χ0n) is 14.3. The second-order valence-electron chi connectivity index (χ2n) is 6.65. The minimum absolute atomic E-state index is 0.0343. The summed E-state index contributed by atoms with van der Waals surface area (Å²) >= 11 is 0. The number of hydrogen-bond donors (Lipinski definition) is 2. The van der Waals surface area contributed by atoms with Crippen molar-refractivity contribution in [3.05, 3.63) is 29.8 Å². The SMILES string of the molecule is O=C(O)CC1COCCN1C(=O)c1cccc(S(=O)(=O)NCC2CC2)c1. The third kappa shape index (κ3) is 4.60. The number of carbonyl (C=O) groups is 2. The number of sulfonamides is 1. The molecule has 0 spiro atoms. The number of aliphatic carboxylic acids is 1. The standard InChI is InChI=1S/C17H22N2O6S/c20-16(21)9-14-11-25-7-6-19(14)17(22)13-2-1-3-15(8-13)26(23,24)18-10-12-4-5-12/h1-3,8,12,14,18H,4-7,9-11H2,(H,20,21). The molecule has 1 atom stereocenters. The summed E-state index contributed by atoms with van der Waals surface area (Å²) in [7, 11) is -3.67. The van der Waals surface area contributed by atoms with Crippen LogP contribution in [0.1, 0.15) is 29.6 Å². The molecule has 1 heterocycles. The Balaban J connectivity index is 1.77.